The molecule has 0 saturated carbocycles. The highest BCUT2D eigenvalue weighted by molar-refractivity contribution is 5.98. The van der Waals surface area contributed by atoms with Crippen LogP contribution >= 0.6 is 0 Å². The van der Waals surface area contributed by atoms with Crippen molar-refractivity contribution in [1.29, 1.82) is 0 Å². The molecule has 0 saturated heterocycles. The Morgan fingerprint density at radius 3 is 1.76 bits per heavy atom. The van der Waals surface area contributed by atoms with Gasteiger partial charge >= 0.3 is 6.09 Å². The molecule has 188 valence electrons. The molecule has 1 atom stereocenters. The first-order valence-electron chi connectivity index (χ1n) is 11.6. The lowest BCUT2D eigenvalue weighted by molar-refractivity contribution is -0.118. The smallest absolute Gasteiger partial charge is 0.405 e. The molecule has 0 aliphatic carbocycles. The van der Waals surface area contributed by atoms with Crippen LogP contribution in [0.1, 0.15) is 17.0 Å². The maximum absolute atomic E-state index is 13.5. The van der Waals surface area contributed by atoms with Gasteiger partial charge in [0.2, 0.25) is 5.91 Å². The van der Waals surface area contributed by atoms with Gasteiger partial charge in [0.15, 0.2) is 0 Å². The standard InChI is InChI=1S/C29H27N3O5/c1-36-23-17-30-18-24(37-2)26(23)21-13-15-22(16-14-21)31-28(33)27(32-29(34)35)25(19-9-5-3-6-10-19)20-11-7-4-8-12-20/h3-18,25,27,32H,1-2H3,(H,31,33)(H,34,35)/t27-/m0/s1. The number of carboxylic acid groups (broad SMARTS) is 1. The van der Waals surface area contributed by atoms with Crippen LogP contribution in [0.2, 0.25) is 0 Å². The van der Waals surface area contributed by atoms with Gasteiger partial charge in [-0.1, -0.05) is 72.8 Å². The van der Waals surface area contributed by atoms with E-state index in [-0.39, 0.29) is 0 Å². The summed E-state index contributed by atoms with van der Waals surface area (Å²) < 4.78 is 10.9. The number of amides is 2. The van der Waals surface area contributed by atoms with Crippen molar-refractivity contribution in [3.63, 3.8) is 0 Å². The average Bonchev–Trinajstić information content (AvgIpc) is 2.93. The lowest BCUT2D eigenvalue weighted by Crippen LogP contribution is -2.47. The zero-order chi connectivity index (χ0) is 26.2. The molecule has 3 N–H and O–H groups in total. The van der Waals surface area contributed by atoms with Crippen molar-refractivity contribution in [3.05, 3.63) is 108 Å². The Morgan fingerprint density at radius 2 is 1.30 bits per heavy atom. The van der Waals surface area contributed by atoms with Gasteiger partial charge in [-0.15, -0.1) is 0 Å². The van der Waals surface area contributed by atoms with Crippen LogP contribution in [0.15, 0.2) is 97.3 Å². The topological polar surface area (TPSA) is 110 Å². The Hall–Kier alpha value is -4.85. The molecule has 0 aliphatic heterocycles. The van der Waals surface area contributed by atoms with E-state index >= 15 is 0 Å². The fourth-order valence-electron chi connectivity index (χ4n) is 4.29. The number of pyridine rings is 1. The predicted octanol–water partition coefficient (Wildman–Crippen LogP) is 5.17. The fourth-order valence-corrected chi connectivity index (χ4v) is 4.29. The second-order valence-electron chi connectivity index (χ2n) is 8.21. The molecule has 37 heavy (non-hydrogen) atoms. The zero-order valence-electron chi connectivity index (χ0n) is 20.4. The lowest BCUT2D eigenvalue weighted by atomic mass is 9.84. The molecule has 1 heterocycles. The van der Waals surface area contributed by atoms with Gasteiger partial charge in [0.1, 0.15) is 17.5 Å². The molecular formula is C29H27N3O5. The van der Waals surface area contributed by atoms with Gasteiger partial charge in [-0.2, -0.15) is 0 Å². The Bertz CT molecular complexity index is 1280. The van der Waals surface area contributed by atoms with Crippen LogP contribution in [0.4, 0.5) is 10.5 Å². The normalized spacial score (nSPS) is 11.4. The van der Waals surface area contributed by atoms with E-state index in [4.69, 9.17) is 9.47 Å². The third kappa shape index (κ3) is 5.87. The zero-order valence-corrected chi connectivity index (χ0v) is 20.4. The Kier molecular flexibility index (Phi) is 8.00. The summed E-state index contributed by atoms with van der Waals surface area (Å²) in [6, 6.07) is 24.8. The van der Waals surface area contributed by atoms with Crippen LogP contribution in [0, 0.1) is 0 Å². The first-order chi connectivity index (χ1) is 18.0. The van der Waals surface area contributed by atoms with Crippen LogP contribution in [0.25, 0.3) is 11.1 Å². The first kappa shape index (κ1) is 25.2. The van der Waals surface area contributed by atoms with Crippen molar-refractivity contribution in [3.8, 4) is 22.6 Å². The van der Waals surface area contributed by atoms with Crippen molar-refractivity contribution >= 4 is 17.7 Å². The van der Waals surface area contributed by atoms with Crippen LogP contribution in [-0.2, 0) is 4.79 Å². The summed E-state index contributed by atoms with van der Waals surface area (Å²) in [4.78, 5) is 29.4. The molecule has 0 spiro atoms. The third-order valence-electron chi connectivity index (χ3n) is 5.97. The van der Waals surface area contributed by atoms with E-state index in [0.717, 1.165) is 22.3 Å². The molecule has 4 aromatic rings. The minimum atomic E-state index is -1.29. The van der Waals surface area contributed by atoms with E-state index < -0.39 is 24.0 Å². The molecule has 0 fully saturated rings. The average molecular weight is 498 g/mol. The van der Waals surface area contributed by atoms with E-state index in [2.05, 4.69) is 15.6 Å². The molecule has 4 rings (SSSR count). The Morgan fingerprint density at radius 1 is 0.784 bits per heavy atom. The number of hydrogen-bond donors (Lipinski definition) is 3. The van der Waals surface area contributed by atoms with Crippen LogP contribution in [-0.4, -0.2) is 42.4 Å². The van der Waals surface area contributed by atoms with Gasteiger partial charge < -0.3 is 25.2 Å². The van der Waals surface area contributed by atoms with Gasteiger partial charge in [-0.05, 0) is 28.8 Å². The molecule has 8 heteroatoms. The highest BCUT2D eigenvalue weighted by Crippen LogP contribution is 2.37. The van der Waals surface area contributed by atoms with Gasteiger partial charge in [0.25, 0.3) is 0 Å². The van der Waals surface area contributed by atoms with Crippen molar-refractivity contribution in [1.82, 2.24) is 10.3 Å². The molecular weight excluding hydrogens is 470 g/mol. The van der Waals surface area contributed by atoms with Gasteiger partial charge in [-0.3, -0.25) is 9.78 Å². The number of nitrogens with one attached hydrogen (secondary N) is 2. The highest BCUT2D eigenvalue weighted by Gasteiger charge is 2.32. The number of nitrogens with zero attached hydrogens (tertiary/aromatic N) is 1. The van der Waals surface area contributed by atoms with Crippen molar-refractivity contribution < 1.29 is 24.2 Å². The molecule has 3 aromatic carbocycles. The fraction of sp³-hybridized carbons (Fsp3) is 0.138. The van der Waals surface area contributed by atoms with Crippen molar-refractivity contribution in [2.75, 3.05) is 19.5 Å². The monoisotopic (exact) mass is 497 g/mol. The Balaban J connectivity index is 1.65. The minimum absolute atomic E-state index is 0.480. The first-order valence-corrected chi connectivity index (χ1v) is 11.6. The second-order valence-corrected chi connectivity index (χ2v) is 8.21. The summed E-state index contributed by atoms with van der Waals surface area (Å²) in [7, 11) is 3.11. The maximum atomic E-state index is 13.5. The molecule has 0 bridgehead atoms. The number of hydrogen-bond acceptors (Lipinski definition) is 5. The number of benzene rings is 3. The second kappa shape index (κ2) is 11.7. The van der Waals surface area contributed by atoms with Gasteiger partial charge in [0, 0.05) is 11.6 Å². The quantitative estimate of drug-likeness (QED) is 0.294. The van der Waals surface area contributed by atoms with Crippen LogP contribution in [0.3, 0.4) is 0 Å². The van der Waals surface area contributed by atoms with Crippen LogP contribution < -0.4 is 20.1 Å². The number of rotatable bonds is 9. The van der Waals surface area contributed by atoms with E-state index in [1.54, 1.807) is 38.7 Å². The summed E-state index contributed by atoms with van der Waals surface area (Å²) in [5, 5.41) is 14.9. The third-order valence-corrected chi connectivity index (χ3v) is 5.97. The molecule has 0 radical (unpaired) electrons. The molecule has 1 aromatic heterocycles. The summed E-state index contributed by atoms with van der Waals surface area (Å²) in [5.74, 6) is 0.0842. The minimum Gasteiger partial charge on any atom is -0.494 e. The van der Waals surface area contributed by atoms with E-state index in [9.17, 15) is 14.7 Å². The van der Waals surface area contributed by atoms with Gasteiger partial charge in [-0.25, -0.2) is 4.79 Å². The number of carbonyl (C=O) groups excluding carboxylic acids is 1. The van der Waals surface area contributed by atoms with E-state index in [1.165, 1.54) is 0 Å². The van der Waals surface area contributed by atoms with E-state index in [1.807, 2.05) is 72.8 Å². The van der Waals surface area contributed by atoms with Crippen molar-refractivity contribution in [2.24, 2.45) is 0 Å². The summed E-state index contributed by atoms with van der Waals surface area (Å²) in [6.45, 7) is 0. The van der Waals surface area contributed by atoms with Gasteiger partial charge in [0.05, 0.1) is 32.2 Å². The Labute approximate surface area is 214 Å². The molecule has 0 aliphatic rings. The summed E-state index contributed by atoms with van der Waals surface area (Å²) >= 11 is 0. The molecule has 8 nitrogen and oxygen atoms in total. The van der Waals surface area contributed by atoms with Crippen LogP contribution in [0.5, 0.6) is 11.5 Å². The number of aromatic nitrogens is 1. The largest absolute Gasteiger partial charge is 0.494 e. The number of anilines is 1. The predicted molar refractivity (Wildman–Crippen MR) is 141 cm³/mol. The van der Waals surface area contributed by atoms with E-state index in [0.29, 0.717) is 17.2 Å². The number of methoxy groups -OCH3 is 2. The summed E-state index contributed by atoms with van der Waals surface area (Å²) in [6.07, 6.45) is 1.91. The molecule has 0 unspecified atom stereocenters. The molecule has 2 amide bonds. The number of ether oxygens (including phenoxy) is 2. The summed E-state index contributed by atoms with van der Waals surface area (Å²) in [5.41, 5.74) is 3.68. The highest BCUT2D eigenvalue weighted by atomic mass is 16.5. The maximum Gasteiger partial charge on any atom is 0.405 e. The number of carbonyl (C=O) groups is 2. The SMILES string of the molecule is COc1cncc(OC)c1-c1ccc(NC(=O)[C@@H](NC(=O)O)C(c2ccccc2)c2ccccc2)cc1. The lowest BCUT2D eigenvalue weighted by Gasteiger charge is -2.27. The van der Waals surface area contributed by atoms with Crippen molar-refractivity contribution in [2.45, 2.75) is 12.0 Å².